The smallest absolute Gasteiger partial charge is 0.338 e. The number of ether oxygens (including phenoxy) is 1. The molecular formula is C22H26N2O5S. The molecule has 3 rings (SSSR count). The van der Waals surface area contributed by atoms with Gasteiger partial charge in [-0.15, -0.1) is 0 Å². The first-order valence-corrected chi connectivity index (χ1v) is 11.5. The number of amides is 1. The van der Waals surface area contributed by atoms with E-state index in [4.69, 9.17) is 4.74 Å². The van der Waals surface area contributed by atoms with E-state index in [1.807, 2.05) is 6.07 Å². The Morgan fingerprint density at radius 2 is 1.63 bits per heavy atom. The van der Waals surface area contributed by atoms with Gasteiger partial charge in [-0.1, -0.05) is 18.2 Å². The maximum Gasteiger partial charge on any atom is 0.338 e. The summed E-state index contributed by atoms with van der Waals surface area (Å²) in [5, 5.41) is 0. The number of para-hydroxylation sites is 1. The minimum atomic E-state index is -3.77. The molecule has 1 saturated heterocycles. The van der Waals surface area contributed by atoms with Crippen molar-refractivity contribution in [1.29, 1.82) is 0 Å². The van der Waals surface area contributed by atoms with Crippen molar-refractivity contribution in [3.63, 3.8) is 0 Å². The van der Waals surface area contributed by atoms with Gasteiger partial charge in [-0.25, -0.2) is 13.2 Å². The lowest BCUT2D eigenvalue weighted by Gasteiger charge is -2.23. The number of anilines is 1. The Morgan fingerprint density at radius 1 is 1.03 bits per heavy atom. The maximum absolute atomic E-state index is 13.0. The highest BCUT2D eigenvalue weighted by Crippen LogP contribution is 2.23. The number of hydrogen-bond donors (Lipinski definition) is 0. The fourth-order valence-corrected chi connectivity index (χ4v) is 4.92. The van der Waals surface area contributed by atoms with Gasteiger partial charge in [0, 0.05) is 19.6 Å². The van der Waals surface area contributed by atoms with Crippen LogP contribution in [0.4, 0.5) is 5.69 Å². The summed E-state index contributed by atoms with van der Waals surface area (Å²) >= 11 is 0. The molecule has 0 aliphatic carbocycles. The van der Waals surface area contributed by atoms with Crippen LogP contribution in [0.15, 0.2) is 59.5 Å². The number of rotatable bonds is 7. The molecule has 30 heavy (non-hydrogen) atoms. The van der Waals surface area contributed by atoms with E-state index in [0.717, 1.165) is 12.8 Å². The van der Waals surface area contributed by atoms with E-state index in [2.05, 4.69) is 0 Å². The fourth-order valence-electron chi connectivity index (χ4n) is 3.45. The molecule has 1 aliphatic rings. The molecule has 8 heteroatoms. The zero-order chi connectivity index (χ0) is 21.7. The van der Waals surface area contributed by atoms with Crippen LogP contribution >= 0.6 is 0 Å². The van der Waals surface area contributed by atoms with E-state index in [1.54, 1.807) is 43.0 Å². The monoisotopic (exact) mass is 430 g/mol. The lowest BCUT2D eigenvalue weighted by Crippen LogP contribution is -2.38. The molecule has 2 aromatic carbocycles. The van der Waals surface area contributed by atoms with Crippen molar-refractivity contribution < 1.29 is 22.7 Å². The van der Waals surface area contributed by atoms with Crippen LogP contribution in [0.1, 0.15) is 37.0 Å². The topological polar surface area (TPSA) is 84.0 Å². The number of carbonyl (C=O) groups excluding carboxylic acids is 2. The summed E-state index contributed by atoms with van der Waals surface area (Å²) in [6.45, 7) is 4.95. The molecule has 0 radical (unpaired) electrons. The van der Waals surface area contributed by atoms with E-state index in [0.29, 0.717) is 18.8 Å². The molecular weight excluding hydrogens is 404 g/mol. The van der Waals surface area contributed by atoms with Gasteiger partial charge in [0.05, 0.1) is 16.1 Å². The minimum absolute atomic E-state index is 0.0749. The largest absolute Gasteiger partial charge is 0.449 e. The van der Waals surface area contributed by atoms with E-state index in [1.165, 1.54) is 28.6 Å². The van der Waals surface area contributed by atoms with Crippen molar-refractivity contribution in [1.82, 2.24) is 4.90 Å². The predicted molar refractivity (Wildman–Crippen MR) is 114 cm³/mol. The summed E-state index contributed by atoms with van der Waals surface area (Å²) in [4.78, 5) is 26.5. The van der Waals surface area contributed by atoms with Gasteiger partial charge in [-0.05, 0) is 63.1 Å². The van der Waals surface area contributed by atoms with Crippen molar-refractivity contribution in [2.24, 2.45) is 0 Å². The number of carbonyl (C=O) groups is 2. The third kappa shape index (κ3) is 4.64. The third-order valence-electron chi connectivity index (χ3n) is 5.06. The van der Waals surface area contributed by atoms with Crippen molar-refractivity contribution in [3.05, 3.63) is 60.2 Å². The quantitative estimate of drug-likeness (QED) is 0.631. The molecule has 0 N–H and O–H groups in total. The van der Waals surface area contributed by atoms with Gasteiger partial charge in [-0.3, -0.25) is 9.10 Å². The lowest BCUT2D eigenvalue weighted by molar-refractivity contribution is -0.138. The van der Waals surface area contributed by atoms with Crippen molar-refractivity contribution in [2.75, 3.05) is 23.9 Å². The fraction of sp³-hybridized carbons (Fsp3) is 0.364. The molecule has 1 heterocycles. The summed E-state index contributed by atoms with van der Waals surface area (Å²) in [5.41, 5.74) is 0.760. The molecule has 1 unspecified atom stereocenters. The highest BCUT2D eigenvalue weighted by atomic mass is 32.2. The summed E-state index contributed by atoms with van der Waals surface area (Å²) in [7, 11) is -3.77. The zero-order valence-electron chi connectivity index (χ0n) is 17.2. The molecule has 1 atom stereocenters. The molecule has 0 bridgehead atoms. The number of esters is 1. The molecule has 0 saturated carbocycles. The highest BCUT2D eigenvalue weighted by Gasteiger charge is 2.27. The Bertz CT molecular complexity index is 984. The minimum Gasteiger partial charge on any atom is -0.449 e. The zero-order valence-corrected chi connectivity index (χ0v) is 18.0. The summed E-state index contributed by atoms with van der Waals surface area (Å²) in [6.07, 6.45) is 1.04. The summed E-state index contributed by atoms with van der Waals surface area (Å²) < 4.78 is 32.6. The first-order chi connectivity index (χ1) is 14.3. The second-order valence-corrected chi connectivity index (χ2v) is 8.97. The van der Waals surface area contributed by atoms with E-state index < -0.39 is 22.1 Å². The van der Waals surface area contributed by atoms with Crippen molar-refractivity contribution >= 4 is 27.6 Å². The SMILES string of the molecule is CCN(c1ccccc1)S(=O)(=O)c1ccc(C(=O)OC(C)C(=O)N2CCCC2)cc1. The number of sulfonamides is 1. The van der Waals surface area contributed by atoms with Crippen LogP contribution in [0.3, 0.4) is 0 Å². The van der Waals surface area contributed by atoms with Gasteiger partial charge in [0.1, 0.15) is 0 Å². The van der Waals surface area contributed by atoms with Crippen LogP contribution in [0.5, 0.6) is 0 Å². The normalized spacial score (nSPS) is 14.9. The van der Waals surface area contributed by atoms with E-state index in [-0.39, 0.29) is 22.9 Å². The Morgan fingerprint density at radius 3 is 2.20 bits per heavy atom. The van der Waals surface area contributed by atoms with Gasteiger partial charge in [0.15, 0.2) is 6.10 Å². The highest BCUT2D eigenvalue weighted by molar-refractivity contribution is 7.92. The van der Waals surface area contributed by atoms with Crippen LogP contribution in [-0.4, -0.2) is 50.9 Å². The number of nitrogens with zero attached hydrogens (tertiary/aromatic N) is 2. The van der Waals surface area contributed by atoms with Gasteiger partial charge in [-0.2, -0.15) is 0 Å². The van der Waals surface area contributed by atoms with Crippen LogP contribution < -0.4 is 4.31 Å². The molecule has 0 spiro atoms. The van der Waals surface area contributed by atoms with Gasteiger partial charge in [0.25, 0.3) is 15.9 Å². The van der Waals surface area contributed by atoms with Gasteiger partial charge < -0.3 is 9.64 Å². The Labute approximate surface area is 177 Å². The second kappa shape index (κ2) is 9.30. The van der Waals surface area contributed by atoms with Gasteiger partial charge in [0.2, 0.25) is 0 Å². The molecule has 7 nitrogen and oxygen atoms in total. The summed E-state index contributed by atoms with van der Waals surface area (Å²) in [5.74, 6) is -0.865. The average Bonchev–Trinajstić information content (AvgIpc) is 3.29. The van der Waals surface area contributed by atoms with Crippen LogP contribution in [0, 0.1) is 0 Å². The van der Waals surface area contributed by atoms with Crippen LogP contribution in [0.2, 0.25) is 0 Å². The number of hydrogen-bond acceptors (Lipinski definition) is 5. The molecule has 1 aliphatic heterocycles. The lowest BCUT2D eigenvalue weighted by atomic mass is 10.2. The molecule has 2 aromatic rings. The third-order valence-corrected chi connectivity index (χ3v) is 6.98. The Balaban J connectivity index is 1.72. The van der Waals surface area contributed by atoms with E-state index >= 15 is 0 Å². The summed E-state index contributed by atoms with van der Waals surface area (Å²) in [6, 6.07) is 14.4. The molecule has 1 fully saturated rings. The Kier molecular flexibility index (Phi) is 6.77. The van der Waals surface area contributed by atoms with E-state index in [9.17, 15) is 18.0 Å². The van der Waals surface area contributed by atoms with Crippen LogP contribution in [0.25, 0.3) is 0 Å². The number of likely N-dealkylation sites (tertiary alicyclic amines) is 1. The van der Waals surface area contributed by atoms with Crippen molar-refractivity contribution in [2.45, 2.75) is 37.7 Å². The molecule has 0 aromatic heterocycles. The average molecular weight is 431 g/mol. The van der Waals surface area contributed by atoms with Crippen LogP contribution in [-0.2, 0) is 19.6 Å². The first kappa shape index (κ1) is 21.8. The maximum atomic E-state index is 13.0. The Hall–Kier alpha value is -2.87. The molecule has 160 valence electrons. The van der Waals surface area contributed by atoms with Gasteiger partial charge >= 0.3 is 5.97 Å². The standard InChI is InChI=1S/C22H26N2O5S/c1-3-24(19-9-5-4-6-10-19)30(27,28)20-13-11-18(12-14-20)22(26)29-17(2)21(25)23-15-7-8-16-23/h4-6,9-14,17H,3,7-8,15-16H2,1-2H3. The number of benzene rings is 2. The first-order valence-electron chi connectivity index (χ1n) is 10.0. The van der Waals surface area contributed by atoms with Crippen molar-refractivity contribution in [3.8, 4) is 0 Å². The molecule has 1 amide bonds. The predicted octanol–water partition coefficient (Wildman–Crippen LogP) is 3.07. The second-order valence-electron chi connectivity index (χ2n) is 7.11.